The molecule has 1 aromatic carbocycles. The summed E-state index contributed by atoms with van der Waals surface area (Å²) in [6, 6.07) is 8.17. The van der Waals surface area contributed by atoms with E-state index in [1.807, 2.05) is 37.8 Å². The van der Waals surface area contributed by atoms with Gasteiger partial charge in [-0.1, -0.05) is 32.6 Å². The highest BCUT2D eigenvalue weighted by atomic mass is 19.1. The Bertz CT molecular complexity index is 1050. The van der Waals surface area contributed by atoms with Crippen LogP contribution >= 0.6 is 0 Å². The van der Waals surface area contributed by atoms with Crippen LogP contribution in [0, 0.1) is 5.92 Å². The van der Waals surface area contributed by atoms with Crippen LogP contribution in [0.15, 0.2) is 55.1 Å². The first-order valence-corrected chi connectivity index (χ1v) is 10.6. The third-order valence-electron chi connectivity index (χ3n) is 5.85. The van der Waals surface area contributed by atoms with Crippen LogP contribution in [-0.4, -0.2) is 45.0 Å². The Labute approximate surface area is 177 Å². The third kappa shape index (κ3) is 4.38. The molecule has 2 aromatic heterocycles. The van der Waals surface area contributed by atoms with Gasteiger partial charge in [-0.05, 0) is 41.8 Å². The Morgan fingerprint density at radius 1 is 1.17 bits per heavy atom. The molecule has 0 saturated carbocycles. The molecule has 0 bridgehead atoms. The number of rotatable bonds is 6. The van der Waals surface area contributed by atoms with Crippen molar-refractivity contribution >= 4 is 16.6 Å². The summed E-state index contributed by atoms with van der Waals surface area (Å²) in [6.45, 7) is 11.0. The number of piperidine rings is 1. The second kappa shape index (κ2) is 8.19. The summed E-state index contributed by atoms with van der Waals surface area (Å²) in [7, 11) is 1.90. The molecule has 0 aliphatic carbocycles. The van der Waals surface area contributed by atoms with Crippen LogP contribution in [0.3, 0.4) is 0 Å². The van der Waals surface area contributed by atoms with E-state index in [-0.39, 0.29) is 0 Å². The van der Waals surface area contributed by atoms with Gasteiger partial charge in [0.05, 0.1) is 6.20 Å². The molecule has 6 heteroatoms. The van der Waals surface area contributed by atoms with E-state index in [9.17, 15) is 0 Å². The number of alkyl halides is 1. The number of fused-ring (bicyclic) bond motifs is 1. The van der Waals surface area contributed by atoms with Gasteiger partial charge in [0.1, 0.15) is 5.82 Å². The average molecular weight is 408 g/mol. The normalized spacial score (nSPS) is 16.8. The summed E-state index contributed by atoms with van der Waals surface area (Å²) in [5, 5.41) is 9.47. The number of allylic oxidation sites excluding steroid dienone is 1. The van der Waals surface area contributed by atoms with Gasteiger partial charge >= 0.3 is 0 Å². The molecule has 0 amide bonds. The molecular weight excluding hydrogens is 377 g/mol. The Kier molecular flexibility index (Phi) is 5.60. The summed E-state index contributed by atoms with van der Waals surface area (Å²) in [6.07, 6.45) is 6.58. The maximum Gasteiger partial charge on any atom is 0.152 e. The number of nitrogens with one attached hydrogen (secondary N) is 1. The summed E-state index contributed by atoms with van der Waals surface area (Å²) >= 11 is 0. The molecule has 158 valence electrons. The van der Waals surface area contributed by atoms with Crippen LogP contribution in [-0.2, 0) is 7.05 Å². The van der Waals surface area contributed by atoms with Crippen LogP contribution in [0.1, 0.15) is 26.7 Å². The van der Waals surface area contributed by atoms with E-state index < -0.39 is 5.67 Å². The van der Waals surface area contributed by atoms with E-state index in [2.05, 4.69) is 52.9 Å². The van der Waals surface area contributed by atoms with Crippen molar-refractivity contribution in [1.82, 2.24) is 19.7 Å². The van der Waals surface area contributed by atoms with Crippen molar-refractivity contribution in [2.75, 3.05) is 25.0 Å². The van der Waals surface area contributed by atoms with Gasteiger partial charge in [-0.25, -0.2) is 9.37 Å². The maximum atomic E-state index is 15.5. The molecule has 1 aliphatic heterocycles. The molecule has 0 radical (unpaired) electrons. The average Bonchev–Trinajstić information content (AvgIpc) is 3.15. The Hall–Kier alpha value is -2.73. The minimum absolute atomic E-state index is 0.405. The first-order valence-electron chi connectivity index (χ1n) is 10.6. The highest BCUT2D eigenvalue weighted by molar-refractivity contribution is 5.88. The number of hydrogen-bond donors (Lipinski definition) is 1. The summed E-state index contributed by atoms with van der Waals surface area (Å²) < 4.78 is 17.3. The molecule has 3 heterocycles. The van der Waals surface area contributed by atoms with E-state index in [1.54, 1.807) is 4.68 Å². The molecule has 3 aromatic rings. The number of hydrogen-bond acceptors (Lipinski definition) is 4. The Morgan fingerprint density at radius 3 is 2.60 bits per heavy atom. The van der Waals surface area contributed by atoms with Gasteiger partial charge in [-0.3, -0.25) is 4.68 Å². The highest BCUT2D eigenvalue weighted by Crippen LogP contribution is 2.34. The summed E-state index contributed by atoms with van der Waals surface area (Å²) in [4.78, 5) is 6.81. The standard InChI is InChI=1S/C24H30FN5/c1-17(2)15-30-9-7-24(25,8-10-30)18(3)28-23-12-21-11-19(5-6-20(21)13-26-23)22-14-27-29(4)16-22/h5-6,11-14,16-17H,3,7-10,15H2,1-2,4H3,(H,26,28). The minimum Gasteiger partial charge on any atom is -0.341 e. The quantitative estimate of drug-likeness (QED) is 0.623. The number of pyridine rings is 1. The van der Waals surface area contributed by atoms with Gasteiger partial charge in [-0.2, -0.15) is 5.10 Å². The Morgan fingerprint density at radius 2 is 1.93 bits per heavy atom. The summed E-state index contributed by atoms with van der Waals surface area (Å²) in [5.74, 6) is 1.22. The summed E-state index contributed by atoms with van der Waals surface area (Å²) in [5.41, 5.74) is 1.15. The predicted molar refractivity (Wildman–Crippen MR) is 121 cm³/mol. The third-order valence-corrected chi connectivity index (χ3v) is 5.85. The first-order chi connectivity index (χ1) is 14.3. The monoisotopic (exact) mass is 407 g/mol. The highest BCUT2D eigenvalue weighted by Gasteiger charge is 2.37. The van der Waals surface area contributed by atoms with E-state index in [0.29, 0.717) is 30.3 Å². The zero-order valence-corrected chi connectivity index (χ0v) is 18.0. The lowest BCUT2D eigenvalue weighted by Gasteiger charge is -2.38. The number of aryl methyl sites for hydroxylation is 1. The number of anilines is 1. The van der Waals surface area contributed by atoms with Crippen molar-refractivity contribution in [2.45, 2.75) is 32.4 Å². The van der Waals surface area contributed by atoms with Crippen molar-refractivity contribution in [2.24, 2.45) is 13.0 Å². The van der Waals surface area contributed by atoms with Gasteiger partial charge in [0.25, 0.3) is 0 Å². The lowest BCUT2D eigenvalue weighted by atomic mass is 9.90. The van der Waals surface area contributed by atoms with Crippen molar-refractivity contribution in [3.63, 3.8) is 0 Å². The van der Waals surface area contributed by atoms with Gasteiger partial charge in [0, 0.05) is 55.7 Å². The molecule has 1 fully saturated rings. The molecule has 1 N–H and O–H groups in total. The number of nitrogens with zero attached hydrogens (tertiary/aromatic N) is 4. The smallest absolute Gasteiger partial charge is 0.152 e. The van der Waals surface area contributed by atoms with Gasteiger partial charge < -0.3 is 10.2 Å². The topological polar surface area (TPSA) is 46.0 Å². The molecule has 5 nitrogen and oxygen atoms in total. The lowest BCUT2D eigenvalue weighted by molar-refractivity contribution is 0.0825. The minimum atomic E-state index is -1.40. The molecule has 4 rings (SSSR count). The molecular formula is C24H30FN5. The van der Waals surface area contributed by atoms with E-state index in [4.69, 9.17) is 0 Å². The zero-order valence-electron chi connectivity index (χ0n) is 18.0. The molecule has 30 heavy (non-hydrogen) atoms. The molecule has 1 aliphatic rings. The van der Waals surface area contributed by atoms with Crippen molar-refractivity contribution in [3.05, 3.63) is 55.1 Å². The Balaban J connectivity index is 1.48. The fourth-order valence-electron chi connectivity index (χ4n) is 4.13. The first kappa shape index (κ1) is 20.5. The fraction of sp³-hybridized carbons (Fsp3) is 0.417. The number of likely N-dealkylation sites (tertiary alicyclic amines) is 1. The molecule has 0 atom stereocenters. The van der Waals surface area contributed by atoms with Crippen molar-refractivity contribution in [1.29, 1.82) is 0 Å². The zero-order chi connectivity index (χ0) is 21.3. The van der Waals surface area contributed by atoms with E-state index in [0.717, 1.165) is 41.5 Å². The largest absolute Gasteiger partial charge is 0.341 e. The predicted octanol–water partition coefficient (Wildman–Crippen LogP) is 5.02. The second-order valence-electron chi connectivity index (χ2n) is 8.80. The second-order valence-corrected chi connectivity index (χ2v) is 8.80. The van der Waals surface area contributed by atoms with Crippen molar-refractivity contribution in [3.8, 4) is 11.1 Å². The van der Waals surface area contributed by atoms with Gasteiger partial charge in [0.2, 0.25) is 0 Å². The van der Waals surface area contributed by atoms with Gasteiger partial charge in [0.15, 0.2) is 5.67 Å². The van der Waals surface area contributed by atoms with E-state index >= 15 is 4.39 Å². The van der Waals surface area contributed by atoms with Crippen LogP contribution in [0.25, 0.3) is 21.9 Å². The number of halogens is 1. The molecule has 1 saturated heterocycles. The van der Waals surface area contributed by atoms with Crippen molar-refractivity contribution < 1.29 is 4.39 Å². The van der Waals surface area contributed by atoms with Crippen LogP contribution in [0.2, 0.25) is 0 Å². The van der Waals surface area contributed by atoms with Crippen LogP contribution in [0.5, 0.6) is 0 Å². The van der Waals surface area contributed by atoms with Crippen LogP contribution in [0.4, 0.5) is 10.2 Å². The number of aromatic nitrogens is 3. The van der Waals surface area contributed by atoms with E-state index in [1.165, 1.54) is 0 Å². The maximum absolute atomic E-state index is 15.5. The molecule has 0 unspecified atom stereocenters. The lowest BCUT2D eigenvalue weighted by Crippen LogP contribution is -2.45. The SMILES string of the molecule is C=C(Nc1cc2cc(-c3cnn(C)c3)ccc2cn1)C1(F)CCN(CC(C)C)CC1. The molecule has 0 spiro atoms. The number of benzene rings is 1. The van der Waals surface area contributed by atoms with Gasteiger partial charge in [-0.15, -0.1) is 0 Å². The fourth-order valence-corrected chi connectivity index (χ4v) is 4.13. The van der Waals surface area contributed by atoms with Crippen LogP contribution < -0.4 is 5.32 Å².